The standard InChI is InChI=1S/C18H22ClNO/c1-11(2)15-9-17(13(4)8-16(15)19)21-18-12(3)6-5-7-14(18)10-20/h5-9,11H,10,20H2,1-4H3. The van der Waals surface area contributed by atoms with Crippen molar-refractivity contribution < 1.29 is 4.74 Å². The van der Waals surface area contributed by atoms with Crippen molar-refractivity contribution in [2.45, 2.75) is 40.2 Å². The predicted octanol–water partition coefficient (Wildman–Crippen LogP) is 5.33. The van der Waals surface area contributed by atoms with Gasteiger partial charge in [-0.3, -0.25) is 0 Å². The van der Waals surface area contributed by atoms with Gasteiger partial charge in [0.2, 0.25) is 0 Å². The van der Waals surface area contributed by atoms with Crippen LogP contribution in [0.25, 0.3) is 0 Å². The van der Waals surface area contributed by atoms with Crippen LogP contribution in [0.3, 0.4) is 0 Å². The summed E-state index contributed by atoms with van der Waals surface area (Å²) in [4.78, 5) is 0. The second kappa shape index (κ2) is 6.50. The molecule has 2 rings (SSSR count). The molecule has 2 N–H and O–H groups in total. The van der Waals surface area contributed by atoms with Gasteiger partial charge in [0.15, 0.2) is 0 Å². The first-order valence-corrected chi connectivity index (χ1v) is 7.58. The third-order valence-electron chi connectivity index (χ3n) is 3.64. The highest BCUT2D eigenvalue weighted by Gasteiger charge is 2.13. The molecule has 0 aliphatic carbocycles. The van der Waals surface area contributed by atoms with Crippen molar-refractivity contribution in [3.05, 3.63) is 57.6 Å². The molecule has 0 aromatic heterocycles. The summed E-state index contributed by atoms with van der Waals surface area (Å²) in [6, 6.07) is 10.0. The van der Waals surface area contributed by atoms with Crippen LogP contribution < -0.4 is 10.5 Å². The van der Waals surface area contributed by atoms with Crippen LogP contribution in [0.2, 0.25) is 5.02 Å². The molecule has 0 unspecified atom stereocenters. The van der Waals surface area contributed by atoms with Crippen LogP contribution in [0.1, 0.15) is 42.0 Å². The minimum Gasteiger partial charge on any atom is -0.456 e. The van der Waals surface area contributed by atoms with Crippen molar-refractivity contribution in [2.75, 3.05) is 0 Å². The van der Waals surface area contributed by atoms with Gasteiger partial charge in [0, 0.05) is 17.1 Å². The fourth-order valence-corrected chi connectivity index (χ4v) is 2.79. The zero-order chi connectivity index (χ0) is 15.6. The van der Waals surface area contributed by atoms with E-state index in [0.29, 0.717) is 12.5 Å². The van der Waals surface area contributed by atoms with E-state index < -0.39 is 0 Å². The van der Waals surface area contributed by atoms with E-state index in [0.717, 1.165) is 38.8 Å². The third kappa shape index (κ3) is 3.39. The summed E-state index contributed by atoms with van der Waals surface area (Å²) >= 11 is 6.31. The summed E-state index contributed by atoms with van der Waals surface area (Å²) in [6.07, 6.45) is 0. The van der Waals surface area contributed by atoms with E-state index in [1.54, 1.807) is 0 Å². The van der Waals surface area contributed by atoms with Crippen LogP contribution in [0, 0.1) is 13.8 Å². The Morgan fingerprint density at radius 2 is 1.86 bits per heavy atom. The summed E-state index contributed by atoms with van der Waals surface area (Å²) in [6.45, 7) is 8.74. The first-order chi connectivity index (χ1) is 9.93. The Hall–Kier alpha value is -1.51. The lowest BCUT2D eigenvalue weighted by molar-refractivity contribution is 0.468. The van der Waals surface area contributed by atoms with Crippen molar-refractivity contribution in [2.24, 2.45) is 5.73 Å². The van der Waals surface area contributed by atoms with E-state index in [1.807, 2.05) is 44.2 Å². The lowest BCUT2D eigenvalue weighted by Crippen LogP contribution is -2.02. The third-order valence-corrected chi connectivity index (χ3v) is 3.97. The molecule has 0 saturated heterocycles. The molecule has 0 saturated carbocycles. The Kier molecular flexibility index (Phi) is 4.92. The van der Waals surface area contributed by atoms with Crippen LogP contribution in [-0.2, 0) is 6.54 Å². The fraction of sp³-hybridized carbons (Fsp3) is 0.333. The van der Waals surface area contributed by atoms with Gasteiger partial charge in [-0.25, -0.2) is 0 Å². The van der Waals surface area contributed by atoms with Crippen molar-refractivity contribution in [1.82, 2.24) is 0 Å². The first kappa shape index (κ1) is 15.9. The number of hydrogen-bond acceptors (Lipinski definition) is 2. The number of ether oxygens (including phenoxy) is 1. The molecule has 0 aliphatic rings. The molecule has 0 radical (unpaired) electrons. The van der Waals surface area contributed by atoms with E-state index >= 15 is 0 Å². The summed E-state index contributed by atoms with van der Waals surface area (Å²) in [7, 11) is 0. The van der Waals surface area contributed by atoms with Gasteiger partial charge in [0.05, 0.1) is 0 Å². The zero-order valence-electron chi connectivity index (χ0n) is 13.0. The molecule has 0 heterocycles. The van der Waals surface area contributed by atoms with Gasteiger partial charge in [-0.15, -0.1) is 0 Å². The van der Waals surface area contributed by atoms with Crippen molar-refractivity contribution in [3.63, 3.8) is 0 Å². The SMILES string of the molecule is Cc1cc(Cl)c(C(C)C)cc1Oc1c(C)cccc1CN. The second-order valence-corrected chi connectivity index (χ2v) is 6.07. The number of hydrogen-bond donors (Lipinski definition) is 1. The summed E-state index contributed by atoms with van der Waals surface area (Å²) in [5, 5.41) is 0.790. The average Bonchev–Trinajstić information content (AvgIpc) is 2.43. The number of rotatable bonds is 4. The van der Waals surface area contributed by atoms with Crippen LogP contribution in [0.15, 0.2) is 30.3 Å². The maximum atomic E-state index is 6.31. The Morgan fingerprint density at radius 3 is 2.48 bits per heavy atom. The summed E-state index contributed by atoms with van der Waals surface area (Å²) < 4.78 is 6.17. The largest absolute Gasteiger partial charge is 0.456 e. The van der Waals surface area contributed by atoms with Crippen LogP contribution in [0.4, 0.5) is 0 Å². The Labute approximate surface area is 131 Å². The molecule has 0 fully saturated rings. The Bertz CT molecular complexity index is 650. The number of aryl methyl sites for hydroxylation is 2. The van der Waals surface area contributed by atoms with Gasteiger partial charge in [-0.1, -0.05) is 43.6 Å². The number of benzene rings is 2. The topological polar surface area (TPSA) is 35.2 Å². The Balaban J connectivity index is 2.47. The zero-order valence-corrected chi connectivity index (χ0v) is 13.8. The van der Waals surface area contributed by atoms with Crippen molar-refractivity contribution >= 4 is 11.6 Å². The highest BCUT2D eigenvalue weighted by atomic mass is 35.5. The molecule has 21 heavy (non-hydrogen) atoms. The minimum atomic E-state index is 0.353. The lowest BCUT2D eigenvalue weighted by Gasteiger charge is -2.17. The average molecular weight is 304 g/mol. The highest BCUT2D eigenvalue weighted by Crippen LogP contribution is 2.36. The second-order valence-electron chi connectivity index (χ2n) is 5.66. The van der Waals surface area contributed by atoms with E-state index in [2.05, 4.69) is 13.8 Å². The number of para-hydroxylation sites is 1. The molecule has 0 atom stereocenters. The molecule has 0 aliphatic heterocycles. The normalized spacial score (nSPS) is 11.0. The molecular weight excluding hydrogens is 282 g/mol. The van der Waals surface area contributed by atoms with E-state index in [9.17, 15) is 0 Å². The van der Waals surface area contributed by atoms with E-state index in [1.165, 1.54) is 0 Å². The number of nitrogens with two attached hydrogens (primary N) is 1. The van der Waals surface area contributed by atoms with E-state index in [4.69, 9.17) is 22.1 Å². The molecule has 112 valence electrons. The summed E-state index contributed by atoms with van der Waals surface area (Å²) in [5.41, 5.74) is 10.0. The number of halogens is 1. The predicted molar refractivity (Wildman–Crippen MR) is 89.4 cm³/mol. The fourth-order valence-electron chi connectivity index (χ4n) is 2.35. The van der Waals surface area contributed by atoms with Gasteiger partial charge in [0.1, 0.15) is 11.5 Å². The van der Waals surface area contributed by atoms with Gasteiger partial charge in [0.25, 0.3) is 0 Å². The lowest BCUT2D eigenvalue weighted by atomic mass is 10.0. The van der Waals surface area contributed by atoms with Crippen molar-refractivity contribution in [1.29, 1.82) is 0 Å². The first-order valence-electron chi connectivity index (χ1n) is 7.20. The molecule has 2 nitrogen and oxygen atoms in total. The highest BCUT2D eigenvalue weighted by molar-refractivity contribution is 6.31. The van der Waals surface area contributed by atoms with Gasteiger partial charge < -0.3 is 10.5 Å². The molecule has 0 amide bonds. The van der Waals surface area contributed by atoms with Crippen LogP contribution >= 0.6 is 11.6 Å². The maximum Gasteiger partial charge on any atom is 0.134 e. The smallest absolute Gasteiger partial charge is 0.134 e. The quantitative estimate of drug-likeness (QED) is 0.828. The van der Waals surface area contributed by atoms with Gasteiger partial charge >= 0.3 is 0 Å². The monoisotopic (exact) mass is 303 g/mol. The van der Waals surface area contributed by atoms with Gasteiger partial charge in [-0.2, -0.15) is 0 Å². The molecule has 2 aromatic carbocycles. The van der Waals surface area contributed by atoms with Crippen LogP contribution in [0.5, 0.6) is 11.5 Å². The maximum absolute atomic E-state index is 6.31. The molecule has 3 heteroatoms. The Morgan fingerprint density at radius 1 is 1.14 bits per heavy atom. The van der Waals surface area contributed by atoms with Gasteiger partial charge in [-0.05, 0) is 48.6 Å². The van der Waals surface area contributed by atoms with E-state index in [-0.39, 0.29) is 0 Å². The molecular formula is C18H22ClNO. The molecule has 0 spiro atoms. The van der Waals surface area contributed by atoms with Crippen LogP contribution in [-0.4, -0.2) is 0 Å². The minimum absolute atomic E-state index is 0.353. The molecule has 2 aromatic rings. The molecule has 0 bridgehead atoms. The van der Waals surface area contributed by atoms with Crippen molar-refractivity contribution in [3.8, 4) is 11.5 Å². The summed E-state index contributed by atoms with van der Waals surface area (Å²) in [5.74, 6) is 2.04.